The van der Waals surface area contributed by atoms with E-state index in [2.05, 4.69) is 50.2 Å². The molecule has 1 saturated heterocycles. The van der Waals surface area contributed by atoms with Gasteiger partial charge in [-0.05, 0) is 37.1 Å². The van der Waals surface area contributed by atoms with Gasteiger partial charge in [-0.3, -0.25) is 9.78 Å². The summed E-state index contributed by atoms with van der Waals surface area (Å²) >= 11 is 1.50. The largest absolute Gasteiger partial charge is 0.384 e. The van der Waals surface area contributed by atoms with Crippen molar-refractivity contribution in [2.75, 3.05) is 28.6 Å². The lowest BCUT2D eigenvalue weighted by molar-refractivity contribution is -0.119. The summed E-state index contributed by atoms with van der Waals surface area (Å²) in [5.41, 5.74) is 3.22. The average molecular weight is 408 g/mol. The Labute approximate surface area is 175 Å². The Hall–Kier alpha value is -2.93. The molecule has 0 aliphatic carbocycles. The van der Waals surface area contributed by atoms with Crippen LogP contribution in [0.3, 0.4) is 0 Å². The summed E-state index contributed by atoms with van der Waals surface area (Å²) in [5.74, 6) is -0.207. The summed E-state index contributed by atoms with van der Waals surface area (Å²) in [6.45, 7) is 3.50. The van der Waals surface area contributed by atoms with Gasteiger partial charge in [-0.15, -0.1) is 11.3 Å². The van der Waals surface area contributed by atoms with Gasteiger partial charge >= 0.3 is 0 Å². The highest BCUT2D eigenvalue weighted by Gasteiger charge is 2.28. The van der Waals surface area contributed by atoms with Crippen LogP contribution in [0.4, 0.5) is 16.5 Å². The number of carbonyl (C=O) groups is 1. The first-order valence-corrected chi connectivity index (χ1v) is 10.8. The van der Waals surface area contributed by atoms with E-state index >= 15 is 0 Å². The smallest absolute Gasteiger partial charge is 0.230 e. The Morgan fingerprint density at radius 2 is 2.03 bits per heavy atom. The summed E-state index contributed by atoms with van der Waals surface area (Å²) in [6, 6.07) is 14.5. The molecule has 0 radical (unpaired) electrons. The maximum Gasteiger partial charge on any atom is 0.230 e. The van der Waals surface area contributed by atoms with E-state index in [0.29, 0.717) is 11.7 Å². The molecule has 6 nitrogen and oxygen atoms in total. The van der Waals surface area contributed by atoms with Crippen molar-refractivity contribution in [3.8, 4) is 0 Å². The third-order valence-electron chi connectivity index (χ3n) is 5.17. The number of pyridine rings is 1. The van der Waals surface area contributed by atoms with Gasteiger partial charge in [0.2, 0.25) is 5.91 Å². The molecule has 4 rings (SSSR count). The third kappa shape index (κ3) is 4.74. The first-order valence-electron chi connectivity index (χ1n) is 9.92. The van der Waals surface area contributed by atoms with E-state index in [9.17, 15) is 4.79 Å². The number of para-hydroxylation sites is 1. The van der Waals surface area contributed by atoms with Gasteiger partial charge < -0.3 is 15.5 Å². The van der Waals surface area contributed by atoms with Crippen molar-refractivity contribution < 1.29 is 4.79 Å². The lowest BCUT2D eigenvalue weighted by atomic mass is 10.1. The summed E-state index contributed by atoms with van der Waals surface area (Å²) in [7, 11) is 0. The fraction of sp³-hybridized carbons (Fsp3) is 0.318. The Balaban J connectivity index is 1.35. The number of amides is 1. The number of hydrogen-bond acceptors (Lipinski definition) is 6. The fourth-order valence-corrected chi connectivity index (χ4v) is 4.32. The monoisotopic (exact) mass is 407 g/mol. The first kappa shape index (κ1) is 19.4. The van der Waals surface area contributed by atoms with Crippen LogP contribution in [0.25, 0.3) is 0 Å². The molecule has 1 aromatic carbocycles. The van der Waals surface area contributed by atoms with Crippen LogP contribution in [-0.2, 0) is 4.79 Å². The Bertz CT molecular complexity index is 931. The van der Waals surface area contributed by atoms with Crippen molar-refractivity contribution in [1.82, 2.24) is 9.97 Å². The predicted molar refractivity (Wildman–Crippen MR) is 118 cm³/mol. The Morgan fingerprint density at radius 3 is 2.83 bits per heavy atom. The van der Waals surface area contributed by atoms with Crippen molar-refractivity contribution in [2.45, 2.75) is 25.8 Å². The summed E-state index contributed by atoms with van der Waals surface area (Å²) < 4.78 is 0. The van der Waals surface area contributed by atoms with E-state index in [1.54, 1.807) is 12.4 Å². The van der Waals surface area contributed by atoms with E-state index in [1.807, 2.05) is 25.1 Å². The maximum absolute atomic E-state index is 12.5. The fourth-order valence-electron chi connectivity index (χ4n) is 3.56. The molecule has 2 aromatic heterocycles. The SMILES string of the molecule is CC(CNc1ccncc1)C(=O)Nc1nc([C@H]2CCCN2c2ccccc2)cs1. The zero-order valence-electron chi connectivity index (χ0n) is 16.4. The average Bonchev–Trinajstić information content (AvgIpc) is 3.42. The number of anilines is 3. The molecule has 1 aliphatic rings. The van der Waals surface area contributed by atoms with Crippen LogP contribution in [0.2, 0.25) is 0 Å². The molecule has 3 aromatic rings. The molecule has 1 amide bonds. The minimum atomic E-state index is -0.178. The maximum atomic E-state index is 12.5. The van der Waals surface area contributed by atoms with E-state index < -0.39 is 0 Å². The van der Waals surface area contributed by atoms with Gasteiger partial charge in [-0.2, -0.15) is 0 Å². The van der Waals surface area contributed by atoms with Crippen LogP contribution in [-0.4, -0.2) is 29.0 Å². The number of nitrogens with one attached hydrogen (secondary N) is 2. The second-order valence-electron chi connectivity index (χ2n) is 7.27. The van der Waals surface area contributed by atoms with Gasteiger partial charge in [0.1, 0.15) is 0 Å². The summed E-state index contributed by atoms with van der Waals surface area (Å²) in [4.78, 5) is 23.7. The molecule has 0 spiro atoms. The Morgan fingerprint density at radius 1 is 1.24 bits per heavy atom. The van der Waals surface area contributed by atoms with E-state index in [-0.39, 0.29) is 17.9 Å². The molecule has 1 unspecified atom stereocenters. The molecule has 2 atom stereocenters. The lowest BCUT2D eigenvalue weighted by Crippen LogP contribution is -2.26. The van der Waals surface area contributed by atoms with Crippen molar-refractivity contribution >= 4 is 33.8 Å². The van der Waals surface area contributed by atoms with Crippen molar-refractivity contribution in [1.29, 1.82) is 0 Å². The molecule has 29 heavy (non-hydrogen) atoms. The molecule has 2 N–H and O–H groups in total. The van der Waals surface area contributed by atoms with Gasteiger partial charge in [-0.25, -0.2) is 4.98 Å². The highest BCUT2D eigenvalue weighted by molar-refractivity contribution is 7.13. The lowest BCUT2D eigenvalue weighted by Gasteiger charge is -2.25. The molecule has 150 valence electrons. The minimum Gasteiger partial charge on any atom is -0.384 e. The number of carbonyl (C=O) groups excluding carboxylic acids is 1. The van der Waals surface area contributed by atoms with E-state index in [0.717, 1.165) is 30.8 Å². The van der Waals surface area contributed by atoms with Crippen molar-refractivity contribution in [2.24, 2.45) is 5.92 Å². The standard InChI is InChI=1S/C22H25N5OS/c1-16(14-24-17-9-11-23-12-10-17)21(28)26-22-25-19(15-29-22)20-8-5-13-27(20)18-6-3-2-4-7-18/h2-4,6-7,9-12,15-16,20H,5,8,13-14H2,1H3,(H,23,24)(H,25,26,28)/t16?,20-/m1/s1. The van der Waals surface area contributed by atoms with Crippen LogP contribution in [0, 0.1) is 5.92 Å². The van der Waals surface area contributed by atoms with Crippen LogP contribution in [0.15, 0.2) is 60.2 Å². The number of benzene rings is 1. The van der Waals surface area contributed by atoms with Gasteiger partial charge in [0.05, 0.1) is 17.7 Å². The molecule has 0 saturated carbocycles. The normalized spacial score (nSPS) is 17.1. The number of aromatic nitrogens is 2. The first-order chi connectivity index (χ1) is 14.2. The third-order valence-corrected chi connectivity index (χ3v) is 5.95. The molecular formula is C22H25N5OS. The van der Waals surface area contributed by atoms with Crippen LogP contribution in [0.5, 0.6) is 0 Å². The van der Waals surface area contributed by atoms with Gasteiger partial charge in [0, 0.05) is 42.2 Å². The number of thiazole rings is 1. The van der Waals surface area contributed by atoms with Crippen LogP contribution >= 0.6 is 11.3 Å². The zero-order valence-corrected chi connectivity index (χ0v) is 17.2. The molecule has 1 aliphatic heterocycles. The van der Waals surface area contributed by atoms with E-state index in [1.165, 1.54) is 17.0 Å². The molecule has 1 fully saturated rings. The highest BCUT2D eigenvalue weighted by atomic mass is 32.1. The zero-order chi connectivity index (χ0) is 20.1. The predicted octanol–water partition coefficient (Wildman–Crippen LogP) is 4.57. The Kier molecular flexibility index (Phi) is 6.05. The van der Waals surface area contributed by atoms with Crippen LogP contribution < -0.4 is 15.5 Å². The second kappa shape index (κ2) is 9.05. The van der Waals surface area contributed by atoms with E-state index in [4.69, 9.17) is 4.98 Å². The van der Waals surface area contributed by atoms with Crippen molar-refractivity contribution in [3.63, 3.8) is 0 Å². The highest BCUT2D eigenvalue weighted by Crippen LogP contribution is 2.37. The molecule has 3 heterocycles. The minimum absolute atomic E-state index is 0.0289. The van der Waals surface area contributed by atoms with Crippen LogP contribution in [0.1, 0.15) is 31.5 Å². The van der Waals surface area contributed by atoms with Gasteiger partial charge in [-0.1, -0.05) is 25.1 Å². The molecule has 0 bridgehead atoms. The number of rotatable bonds is 7. The summed E-state index contributed by atoms with van der Waals surface area (Å²) in [6.07, 6.45) is 5.69. The molecule has 7 heteroatoms. The van der Waals surface area contributed by atoms with Gasteiger partial charge in [0.15, 0.2) is 5.13 Å². The molecular weight excluding hydrogens is 382 g/mol. The summed E-state index contributed by atoms with van der Waals surface area (Å²) in [5, 5.41) is 8.97. The number of nitrogens with zero attached hydrogens (tertiary/aromatic N) is 3. The quantitative estimate of drug-likeness (QED) is 0.601. The van der Waals surface area contributed by atoms with Gasteiger partial charge in [0.25, 0.3) is 0 Å². The second-order valence-corrected chi connectivity index (χ2v) is 8.13. The topological polar surface area (TPSA) is 70.1 Å². The number of hydrogen-bond donors (Lipinski definition) is 2. The van der Waals surface area contributed by atoms with Crippen molar-refractivity contribution in [3.05, 3.63) is 65.9 Å².